The van der Waals surface area contributed by atoms with Gasteiger partial charge in [-0.25, -0.2) is 13.1 Å². The number of anilines is 1. The monoisotopic (exact) mass is 459 g/mol. The molecule has 0 aliphatic carbocycles. The van der Waals surface area contributed by atoms with E-state index >= 15 is 0 Å². The first-order chi connectivity index (χ1) is 15.3. The number of rotatable bonds is 6. The molecular weight excluding hydrogens is 434 g/mol. The third kappa shape index (κ3) is 4.86. The maximum absolute atomic E-state index is 12.9. The first-order valence-electron chi connectivity index (χ1n) is 10.4. The number of carbonyl (C=O) groups is 2. The second-order valence-corrected chi connectivity index (χ2v) is 9.45. The Hall–Kier alpha value is -3.11. The third-order valence-corrected chi connectivity index (χ3v) is 6.84. The lowest BCUT2D eigenvalue weighted by Gasteiger charge is -2.27. The van der Waals surface area contributed by atoms with Crippen molar-refractivity contribution >= 4 is 27.5 Å². The summed E-state index contributed by atoms with van der Waals surface area (Å²) in [6.45, 7) is 2.59. The number of likely N-dealkylation sites (tertiary alicyclic amines) is 1. The van der Waals surface area contributed by atoms with Crippen molar-refractivity contribution in [3.05, 3.63) is 48.0 Å². The van der Waals surface area contributed by atoms with Crippen LogP contribution in [0.5, 0.6) is 11.5 Å². The maximum Gasteiger partial charge on any atom is 0.241 e. The van der Waals surface area contributed by atoms with Crippen molar-refractivity contribution in [1.82, 2.24) is 9.62 Å². The molecule has 2 heterocycles. The van der Waals surface area contributed by atoms with E-state index in [0.29, 0.717) is 36.9 Å². The predicted molar refractivity (Wildman–Crippen MR) is 117 cm³/mol. The zero-order valence-corrected chi connectivity index (χ0v) is 18.5. The summed E-state index contributed by atoms with van der Waals surface area (Å²) in [5, 5.41) is 2.58. The minimum Gasteiger partial charge on any atom is -0.486 e. The summed E-state index contributed by atoms with van der Waals surface area (Å²) < 4.78 is 38.8. The van der Waals surface area contributed by atoms with E-state index in [1.807, 2.05) is 18.2 Å². The van der Waals surface area contributed by atoms with Crippen LogP contribution in [0.1, 0.15) is 31.4 Å². The molecule has 2 N–H and O–H groups in total. The molecule has 170 valence electrons. The van der Waals surface area contributed by atoms with Crippen LogP contribution in [0.2, 0.25) is 0 Å². The molecule has 0 aromatic heterocycles. The van der Waals surface area contributed by atoms with Gasteiger partial charge in [-0.05, 0) is 54.8 Å². The van der Waals surface area contributed by atoms with Crippen LogP contribution in [0.25, 0.3) is 0 Å². The van der Waals surface area contributed by atoms with Crippen LogP contribution in [-0.2, 0) is 19.6 Å². The molecule has 2 aromatic carbocycles. The highest BCUT2D eigenvalue weighted by molar-refractivity contribution is 7.89. The Morgan fingerprint density at radius 3 is 2.50 bits per heavy atom. The number of carbonyl (C=O) groups excluding carboxylic acids is 2. The van der Waals surface area contributed by atoms with E-state index in [2.05, 4.69) is 10.0 Å². The molecule has 2 aliphatic heterocycles. The van der Waals surface area contributed by atoms with Crippen molar-refractivity contribution in [2.24, 2.45) is 0 Å². The van der Waals surface area contributed by atoms with Crippen LogP contribution in [0, 0.1) is 0 Å². The van der Waals surface area contributed by atoms with Crippen LogP contribution in [0.3, 0.4) is 0 Å². The number of nitrogens with zero attached hydrogens (tertiary/aromatic N) is 1. The third-order valence-electron chi connectivity index (χ3n) is 5.42. The summed E-state index contributed by atoms with van der Waals surface area (Å²) in [5.74, 6) is 0.813. The fourth-order valence-electron chi connectivity index (χ4n) is 3.94. The molecule has 1 saturated heterocycles. The van der Waals surface area contributed by atoms with Crippen LogP contribution in [0.4, 0.5) is 5.69 Å². The molecule has 1 unspecified atom stereocenters. The number of nitrogens with one attached hydrogen (secondary N) is 2. The van der Waals surface area contributed by atoms with E-state index in [9.17, 15) is 18.0 Å². The van der Waals surface area contributed by atoms with E-state index in [1.165, 1.54) is 31.2 Å². The Morgan fingerprint density at radius 2 is 1.78 bits per heavy atom. The first-order valence-corrected chi connectivity index (χ1v) is 11.9. The molecule has 1 fully saturated rings. The van der Waals surface area contributed by atoms with E-state index in [-0.39, 0.29) is 29.3 Å². The summed E-state index contributed by atoms with van der Waals surface area (Å²) in [6.07, 6.45) is 1.63. The Bertz CT molecular complexity index is 1120. The summed E-state index contributed by atoms with van der Waals surface area (Å²) in [5.41, 5.74) is 1.43. The van der Waals surface area contributed by atoms with Gasteiger partial charge in [0.05, 0.1) is 17.5 Å². The van der Waals surface area contributed by atoms with Crippen LogP contribution < -0.4 is 19.5 Å². The smallest absolute Gasteiger partial charge is 0.241 e. The van der Waals surface area contributed by atoms with Crippen molar-refractivity contribution in [1.29, 1.82) is 0 Å². The van der Waals surface area contributed by atoms with E-state index in [0.717, 1.165) is 18.4 Å². The second kappa shape index (κ2) is 9.17. The summed E-state index contributed by atoms with van der Waals surface area (Å²) in [7, 11) is -3.87. The van der Waals surface area contributed by atoms with Gasteiger partial charge in [0.15, 0.2) is 11.5 Å². The summed E-state index contributed by atoms with van der Waals surface area (Å²) >= 11 is 0. The number of hydrogen-bond donors (Lipinski definition) is 2. The highest BCUT2D eigenvalue weighted by Gasteiger charge is 2.31. The van der Waals surface area contributed by atoms with E-state index < -0.39 is 10.0 Å². The van der Waals surface area contributed by atoms with Gasteiger partial charge in [0, 0.05) is 19.2 Å². The van der Waals surface area contributed by atoms with Crippen LogP contribution >= 0.6 is 0 Å². The summed E-state index contributed by atoms with van der Waals surface area (Å²) in [6, 6.07) is 11.3. The molecule has 1 atom stereocenters. The quantitative estimate of drug-likeness (QED) is 0.684. The zero-order valence-electron chi connectivity index (χ0n) is 17.7. The normalized spacial score (nSPS) is 17.8. The Morgan fingerprint density at radius 1 is 1.06 bits per heavy atom. The van der Waals surface area contributed by atoms with Gasteiger partial charge in [0.1, 0.15) is 13.2 Å². The van der Waals surface area contributed by atoms with Gasteiger partial charge < -0.3 is 19.7 Å². The fraction of sp³-hybridized carbons (Fsp3) is 0.364. The van der Waals surface area contributed by atoms with Gasteiger partial charge in [-0.1, -0.05) is 6.07 Å². The Kier molecular flexibility index (Phi) is 6.33. The Labute approximate surface area is 186 Å². The Balaban J connectivity index is 1.41. The lowest BCUT2D eigenvalue weighted by atomic mass is 10.0. The molecule has 0 radical (unpaired) electrons. The van der Waals surface area contributed by atoms with Gasteiger partial charge in [-0.15, -0.1) is 0 Å². The molecule has 32 heavy (non-hydrogen) atoms. The largest absolute Gasteiger partial charge is 0.486 e. The topological polar surface area (TPSA) is 114 Å². The molecule has 9 nitrogen and oxygen atoms in total. The van der Waals surface area contributed by atoms with Crippen molar-refractivity contribution in [2.75, 3.05) is 31.6 Å². The van der Waals surface area contributed by atoms with E-state index in [1.54, 1.807) is 4.90 Å². The second-order valence-electron chi connectivity index (χ2n) is 7.68. The van der Waals surface area contributed by atoms with E-state index in [4.69, 9.17) is 9.47 Å². The first kappa shape index (κ1) is 22.1. The maximum atomic E-state index is 12.9. The molecule has 0 bridgehead atoms. The highest BCUT2D eigenvalue weighted by atomic mass is 32.2. The number of fused-ring (bicyclic) bond motifs is 1. The van der Waals surface area contributed by atoms with Crippen molar-refractivity contribution in [2.45, 2.75) is 30.7 Å². The van der Waals surface area contributed by atoms with Crippen molar-refractivity contribution in [3.8, 4) is 11.5 Å². The standard InChI is InChI=1S/C22H25N3O6S/c1-15(26)24-17-5-7-18(8-6-17)32(28,29)23-14-22(27)25-10-2-3-19(25)16-4-9-20-21(13-16)31-12-11-30-20/h4-9,13,19,23H,2-3,10-12,14H2,1H3,(H,24,26). The molecule has 0 saturated carbocycles. The fourth-order valence-corrected chi connectivity index (χ4v) is 4.92. The minimum atomic E-state index is -3.87. The SMILES string of the molecule is CC(=O)Nc1ccc(S(=O)(=O)NCC(=O)N2CCCC2c2ccc3c(c2)OCCO3)cc1. The van der Waals surface area contributed by atoms with Crippen molar-refractivity contribution in [3.63, 3.8) is 0 Å². The molecule has 2 amide bonds. The zero-order chi connectivity index (χ0) is 22.7. The van der Waals surface area contributed by atoms with Crippen molar-refractivity contribution < 1.29 is 27.5 Å². The average molecular weight is 460 g/mol. The number of hydrogen-bond acceptors (Lipinski definition) is 6. The van der Waals surface area contributed by atoms with Crippen LogP contribution in [-0.4, -0.2) is 51.4 Å². The molecular formula is C22H25N3O6S. The highest BCUT2D eigenvalue weighted by Crippen LogP contribution is 2.38. The van der Waals surface area contributed by atoms with Gasteiger partial charge in [-0.3, -0.25) is 9.59 Å². The summed E-state index contributed by atoms with van der Waals surface area (Å²) in [4.78, 5) is 25.7. The van der Waals surface area contributed by atoms with Crippen LogP contribution in [0.15, 0.2) is 47.4 Å². The molecule has 4 rings (SSSR count). The molecule has 0 spiro atoms. The number of benzene rings is 2. The lowest BCUT2D eigenvalue weighted by molar-refractivity contribution is -0.130. The molecule has 2 aliphatic rings. The number of amides is 2. The lowest BCUT2D eigenvalue weighted by Crippen LogP contribution is -2.39. The molecule has 2 aromatic rings. The van der Waals surface area contributed by atoms with Gasteiger partial charge in [-0.2, -0.15) is 0 Å². The molecule has 10 heteroatoms. The number of ether oxygens (including phenoxy) is 2. The van der Waals surface area contributed by atoms with Gasteiger partial charge in [0.25, 0.3) is 0 Å². The number of sulfonamides is 1. The van der Waals surface area contributed by atoms with Gasteiger partial charge >= 0.3 is 0 Å². The van der Waals surface area contributed by atoms with Gasteiger partial charge in [0.2, 0.25) is 21.8 Å². The predicted octanol–water partition coefficient (Wildman–Crippen LogP) is 2.06. The average Bonchev–Trinajstić information content (AvgIpc) is 3.27. The minimum absolute atomic E-state index is 0.0178.